The lowest BCUT2D eigenvalue weighted by Crippen LogP contribution is -2.39. The maximum Gasteiger partial charge on any atom is 0.245 e. The molecule has 1 aromatic heterocycles. The zero-order valence-electron chi connectivity index (χ0n) is 12.8. The Morgan fingerprint density at radius 1 is 1.43 bits per heavy atom. The first-order chi connectivity index (χ1) is 9.95. The van der Waals surface area contributed by atoms with Gasteiger partial charge in [-0.15, -0.1) is 0 Å². The van der Waals surface area contributed by atoms with Gasteiger partial charge in [0.05, 0.1) is 12.4 Å². The summed E-state index contributed by atoms with van der Waals surface area (Å²) in [5.74, 6) is 0.439. The fraction of sp³-hybridized carbons (Fsp3) is 0.692. The normalized spacial score (nSPS) is 20.1. The monoisotopic (exact) mass is 313 g/mol. The Hall–Kier alpha value is -1.25. The van der Waals surface area contributed by atoms with Crippen LogP contribution in [-0.4, -0.2) is 67.4 Å². The molecule has 0 radical (unpaired) electrons. The van der Waals surface area contributed by atoms with Crippen LogP contribution in [0.25, 0.3) is 0 Å². The Morgan fingerprint density at radius 3 is 2.62 bits per heavy atom. The third-order valence-electron chi connectivity index (χ3n) is 3.81. The molecule has 1 saturated heterocycles. The highest BCUT2D eigenvalue weighted by molar-refractivity contribution is 7.89. The topological polar surface area (TPSA) is 78.4 Å². The number of likely N-dealkylation sites (N-methyl/N-ethyl adjacent to an activating group) is 2. The quantitative estimate of drug-likeness (QED) is 0.829. The SMILES string of the molecule is CCNc1ncc(S(=O)(=O)N(C)CC2CCCN2C)cn1. The molecule has 2 rings (SSSR count). The smallest absolute Gasteiger partial charge is 0.245 e. The molecule has 118 valence electrons. The van der Waals surface area contributed by atoms with Crippen molar-refractivity contribution >= 4 is 16.0 Å². The molecule has 0 saturated carbocycles. The molecular weight excluding hydrogens is 290 g/mol. The van der Waals surface area contributed by atoms with Crippen LogP contribution in [0.5, 0.6) is 0 Å². The van der Waals surface area contributed by atoms with Crippen LogP contribution in [-0.2, 0) is 10.0 Å². The van der Waals surface area contributed by atoms with Gasteiger partial charge in [0.1, 0.15) is 4.90 Å². The lowest BCUT2D eigenvalue weighted by Gasteiger charge is -2.25. The second-order valence-corrected chi connectivity index (χ2v) is 7.38. The van der Waals surface area contributed by atoms with Crippen LogP contribution < -0.4 is 5.32 Å². The molecule has 1 unspecified atom stereocenters. The van der Waals surface area contributed by atoms with Crippen molar-refractivity contribution in [3.05, 3.63) is 12.4 Å². The largest absolute Gasteiger partial charge is 0.355 e. The van der Waals surface area contributed by atoms with E-state index in [0.717, 1.165) is 19.4 Å². The molecular formula is C13H23N5O2S. The van der Waals surface area contributed by atoms with Gasteiger partial charge in [-0.3, -0.25) is 0 Å². The molecule has 21 heavy (non-hydrogen) atoms. The number of sulfonamides is 1. The minimum absolute atomic E-state index is 0.132. The van der Waals surface area contributed by atoms with Crippen molar-refractivity contribution in [1.82, 2.24) is 19.2 Å². The molecule has 0 bridgehead atoms. The van der Waals surface area contributed by atoms with E-state index in [4.69, 9.17) is 0 Å². The van der Waals surface area contributed by atoms with Gasteiger partial charge in [0.25, 0.3) is 0 Å². The predicted molar refractivity (Wildman–Crippen MR) is 81.7 cm³/mol. The van der Waals surface area contributed by atoms with Crippen LogP contribution >= 0.6 is 0 Å². The molecule has 1 aromatic rings. The van der Waals surface area contributed by atoms with E-state index in [0.29, 0.717) is 19.0 Å². The Labute approximate surface area is 126 Å². The minimum atomic E-state index is -3.53. The average Bonchev–Trinajstić information content (AvgIpc) is 2.85. The summed E-state index contributed by atoms with van der Waals surface area (Å²) >= 11 is 0. The zero-order chi connectivity index (χ0) is 15.5. The first-order valence-corrected chi connectivity index (χ1v) is 8.61. The highest BCUT2D eigenvalue weighted by Gasteiger charge is 2.28. The van der Waals surface area contributed by atoms with Gasteiger partial charge in [-0.1, -0.05) is 0 Å². The zero-order valence-corrected chi connectivity index (χ0v) is 13.6. The van der Waals surface area contributed by atoms with Crippen LogP contribution in [0.2, 0.25) is 0 Å². The number of likely N-dealkylation sites (tertiary alicyclic amines) is 1. The van der Waals surface area contributed by atoms with E-state index in [1.807, 2.05) is 14.0 Å². The lowest BCUT2D eigenvalue weighted by molar-refractivity contribution is 0.271. The highest BCUT2D eigenvalue weighted by Crippen LogP contribution is 2.19. The first-order valence-electron chi connectivity index (χ1n) is 7.17. The first kappa shape index (κ1) is 16.1. The van der Waals surface area contributed by atoms with Crippen LogP contribution in [0, 0.1) is 0 Å². The predicted octanol–water partition coefficient (Wildman–Crippen LogP) is 0.623. The molecule has 8 heteroatoms. The van der Waals surface area contributed by atoms with Gasteiger partial charge >= 0.3 is 0 Å². The Bertz CT molecular complexity index is 560. The third-order valence-corrected chi connectivity index (χ3v) is 5.59. The van der Waals surface area contributed by atoms with Crippen molar-refractivity contribution in [3.8, 4) is 0 Å². The van der Waals surface area contributed by atoms with E-state index in [2.05, 4.69) is 20.2 Å². The summed E-state index contributed by atoms with van der Waals surface area (Å²) in [6.07, 6.45) is 4.87. The number of anilines is 1. The van der Waals surface area contributed by atoms with Crippen molar-refractivity contribution in [1.29, 1.82) is 0 Å². The molecule has 0 aromatic carbocycles. The van der Waals surface area contributed by atoms with E-state index in [1.54, 1.807) is 7.05 Å². The van der Waals surface area contributed by atoms with Gasteiger partial charge in [-0.05, 0) is 33.4 Å². The standard InChI is InChI=1S/C13H23N5O2S/c1-4-14-13-15-8-12(9-16-13)21(19,20)18(3)10-11-6-5-7-17(11)2/h8-9,11H,4-7,10H2,1-3H3,(H,14,15,16). The second-order valence-electron chi connectivity index (χ2n) is 5.33. The summed E-state index contributed by atoms with van der Waals surface area (Å²) < 4.78 is 26.4. The van der Waals surface area contributed by atoms with E-state index < -0.39 is 10.0 Å². The van der Waals surface area contributed by atoms with E-state index >= 15 is 0 Å². The van der Waals surface area contributed by atoms with E-state index in [9.17, 15) is 8.42 Å². The average molecular weight is 313 g/mol. The summed E-state index contributed by atoms with van der Waals surface area (Å²) in [6.45, 7) is 4.15. The van der Waals surface area contributed by atoms with Crippen molar-refractivity contribution < 1.29 is 8.42 Å². The van der Waals surface area contributed by atoms with Gasteiger partial charge < -0.3 is 10.2 Å². The number of nitrogens with zero attached hydrogens (tertiary/aromatic N) is 4. The van der Waals surface area contributed by atoms with E-state index in [1.165, 1.54) is 16.7 Å². The van der Waals surface area contributed by atoms with Crippen molar-refractivity contribution in [2.45, 2.75) is 30.7 Å². The van der Waals surface area contributed by atoms with Gasteiger partial charge in [-0.2, -0.15) is 4.31 Å². The Kier molecular flexibility index (Phi) is 5.13. The molecule has 0 amide bonds. The van der Waals surface area contributed by atoms with Crippen molar-refractivity contribution in [2.75, 3.05) is 39.0 Å². The maximum atomic E-state index is 12.5. The molecule has 7 nitrogen and oxygen atoms in total. The summed E-state index contributed by atoms with van der Waals surface area (Å²) in [5, 5.41) is 2.94. The number of nitrogens with one attached hydrogen (secondary N) is 1. The van der Waals surface area contributed by atoms with Gasteiger partial charge in [0.15, 0.2) is 0 Å². The summed E-state index contributed by atoms with van der Waals surface area (Å²) in [5.41, 5.74) is 0. The molecule has 0 spiro atoms. The van der Waals surface area contributed by atoms with Crippen LogP contribution in [0.15, 0.2) is 17.3 Å². The maximum absolute atomic E-state index is 12.5. The van der Waals surface area contributed by atoms with Gasteiger partial charge in [0.2, 0.25) is 16.0 Å². The molecule has 1 atom stereocenters. The number of rotatable bonds is 6. The van der Waals surface area contributed by atoms with Crippen LogP contribution in [0.3, 0.4) is 0 Å². The van der Waals surface area contributed by atoms with Gasteiger partial charge in [0, 0.05) is 26.2 Å². The van der Waals surface area contributed by atoms with Crippen molar-refractivity contribution in [2.24, 2.45) is 0 Å². The fourth-order valence-electron chi connectivity index (χ4n) is 2.48. The second kappa shape index (κ2) is 6.67. The Morgan fingerprint density at radius 2 is 2.10 bits per heavy atom. The molecule has 1 aliphatic heterocycles. The highest BCUT2D eigenvalue weighted by atomic mass is 32.2. The van der Waals surface area contributed by atoms with Crippen molar-refractivity contribution in [3.63, 3.8) is 0 Å². The molecule has 1 N–H and O–H groups in total. The van der Waals surface area contributed by atoms with E-state index in [-0.39, 0.29) is 10.9 Å². The summed E-state index contributed by atoms with van der Waals surface area (Å²) in [6, 6.07) is 0.284. The summed E-state index contributed by atoms with van der Waals surface area (Å²) in [4.78, 5) is 10.4. The molecule has 1 aliphatic rings. The number of hydrogen-bond acceptors (Lipinski definition) is 6. The lowest BCUT2D eigenvalue weighted by atomic mass is 10.2. The number of hydrogen-bond donors (Lipinski definition) is 1. The molecule has 0 aliphatic carbocycles. The van der Waals surface area contributed by atoms with Gasteiger partial charge in [-0.25, -0.2) is 18.4 Å². The Balaban J connectivity index is 2.09. The molecule has 2 heterocycles. The number of aromatic nitrogens is 2. The minimum Gasteiger partial charge on any atom is -0.355 e. The van der Waals surface area contributed by atoms with Crippen LogP contribution in [0.4, 0.5) is 5.95 Å². The third kappa shape index (κ3) is 3.69. The molecule has 1 fully saturated rings. The summed E-state index contributed by atoms with van der Waals surface area (Å²) in [7, 11) is 0.117. The fourth-order valence-corrected chi connectivity index (χ4v) is 3.58. The van der Waals surface area contributed by atoms with Crippen LogP contribution in [0.1, 0.15) is 19.8 Å².